The van der Waals surface area contributed by atoms with Crippen molar-refractivity contribution in [2.45, 2.75) is 11.2 Å². The van der Waals surface area contributed by atoms with Crippen LogP contribution in [-0.2, 0) is 6.42 Å². The summed E-state index contributed by atoms with van der Waals surface area (Å²) in [5.74, 6) is 0. The highest BCUT2D eigenvalue weighted by molar-refractivity contribution is 9.09. The van der Waals surface area contributed by atoms with Crippen LogP contribution in [0.2, 0.25) is 8.67 Å². The quantitative estimate of drug-likeness (QED) is 0.430. The minimum atomic E-state index is 0.171. The van der Waals surface area contributed by atoms with Gasteiger partial charge >= 0.3 is 0 Å². The third kappa shape index (κ3) is 2.89. The summed E-state index contributed by atoms with van der Waals surface area (Å²) in [6.45, 7) is 0. The molecular weight excluding hydrogens is 375 g/mol. The third-order valence-electron chi connectivity index (χ3n) is 3.30. The second-order valence-electron chi connectivity index (χ2n) is 4.59. The van der Waals surface area contributed by atoms with Gasteiger partial charge in [-0.15, -0.1) is 11.3 Å². The number of rotatable bonds is 3. The summed E-state index contributed by atoms with van der Waals surface area (Å²) < 4.78 is 1.49. The van der Waals surface area contributed by atoms with Crippen molar-refractivity contribution in [3.8, 4) is 0 Å². The molecule has 0 aliphatic rings. The van der Waals surface area contributed by atoms with Crippen molar-refractivity contribution < 1.29 is 0 Å². The van der Waals surface area contributed by atoms with Crippen LogP contribution in [0.25, 0.3) is 10.8 Å². The largest absolute Gasteiger partial charge is 0.111 e. The van der Waals surface area contributed by atoms with E-state index in [1.54, 1.807) is 0 Å². The van der Waals surface area contributed by atoms with Crippen molar-refractivity contribution in [3.63, 3.8) is 0 Å². The van der Waals surface area contributed by atoms with E-state index in [-0.39, 0.29) is 4.83 Å². The molecule has 0 N–H and O–H groups in total. The molecule has 4 heteroatoms. The Bertz CT molecular complexity index is 746. The summed E-state index contributed by atoms with van der Waals surface area (Å²) in [5.41, 5.74) is 2.37. The van der Waals surface area contributed by atoms with Crippen LogP contribution in [0.5, 0.6) is 0 Å². The molecule has 1 atom stereocenters. The third-order valence-corrected chi connectivity index (χ3v) is 5.63. The van der Waals surface area contributed by atoms with Crippen molar-refractivity contribution in [2.24, 2.45) is 0 Å². The van der Waals surface area contributed by atoms with E-state index in [1.807, 2.05) is 6.07 Å². The monoisotopic (exact) mass is 384 g/mol. The van der Waals surface area contributed by atoms with Crippen molar-refractivity contribution in [1.29, 1.82) is 0 Å². The van der Waals surface area contributed by atoms with Gasteiger partial charge in [0.25, 0.3) is 0 Å². The van der Waals surface area contributed by atoms with Crippen LogP contribution in [0.4, 0.5) is 0 Å². The van der Waals surface area contributed by atoms with E-state index in [4.69, 9.17) is 23.2 Å². The van der Waals surface area contributed by atoms with Crippen molar-refractivity contribution >= 4 is 61.2 Å². The lowest BCUT2D eigenvalue weighted by Crippen LogP contribution is -1.95. The van der Waals surface area contributed by atoms with E-state index in [0.717, 1.165) is 20.7 Å². The first-order chi connectivity index (χ1) is 9.65. The van der Waals surface area contributed by atoms with Crippen molar-refractivity contribution in [1.82, 2.24) is 0 Å². The van der Waals surface area contributed by atoms with Gasteiger partial charge in [0, 0.05) is 4.83 Å². The molecule has 0 radical (unpaired) electrons. The Morgan fingerprint density at radius 2 is 1.80 bits per heavy atom. The van der Waals surface area contributed by atoms with Crippen LogP contribution in [0.15, 0.2) is 48.5 Å². The van der Waals surface area contributed by atoms with Gasteiger partial charge in [-0.05, 0) is 34.4 Å². The number of hydrogen-bond acceptors (Lipinski definition) is 1. The van der Waals surface area contributed by atoms with Gasteiger partial charge in [0.15, 0.2) is 0 Å². The molecule has 0 fully saturated rings. The highest BCUT2D eigenvalue weighted by atomic mass is 79.9. The molecule has 1 aromatic heterocycles. The normalized spacial score (nSPS) is 12.8. The smallest absolute Gasteiger partial charge is 0.0987 e. The van der Waals surface area contributed by atoms with Gasteiger partial charge in [-0.25, -0.2) is 0 Å². The maximum absolute atomic E-state index is 6.23. The summed E-state index contributed by atoms with van der Waals surface area (Å²) >= 11 is 17.4. The van der Waals surface area contributed by atoms with Gasteiger partial charge in [0.05, 0.1) is 8.67 Å². The Morgan fingerprint density at radius 3 is 2.55 bits per heavy atom. The van der Waals surface area contributed by atoms with Gasteiger partial charge in [-0.1, -0.05) is 81.6 Å². The molecule has 0 nitrogen and oxygen atoms in total. The maximum atomic E-state index is 6.23. The predicted molar refractivity (Wildman–Crippen MR) is 93.7 cm³/mol. The fourth-order valence-corrected chi connectivity index (χ4v) is 4.91. The van der Waals surface area contributed by atoms with Gasteiger partial charge < -0.3 is 0 Å². The average Bonchev–Trinajstić information content (AvgIpc) is 2.78. The number of fused-ring (bicyclic) bond motifs is 1. The van der Waals surface area contributed by atoms with E-state index < -0.39 is 0 Å². The molecule has 3 rings (SSSR count). The zero-order valence-corrected chi connectivity index (χ0v) is 14.4. The van der Waals surface area contributed by atoms with Crippen molar-refractivity contribution in [2.75, 3.05) is 0 Å². The van der Waals surface area contributed by atoms with E-state index in [0.29, 0.717) is 0 Å². The number of alkyl halides is 1. The van der Waals surface area contributed by atoms with Crippen molar-refractivity contribution in [3.05, 3.63) is 68.3 Å². The molecule has 0 saturated heterocycles. The molecule has 0 aliphatic heterocycles. The molecule has 1 heterocycles. The molecule has 2 aromatic carbocycles. The van der Waals surface area contributed by atoms with E-state index >= 15 is 0 Å². The summed E-state index contributed by atoms with van der Waals surface area (Å²) in [6, 6.07) is 16.8. The Morgan fingerprint density at radius 1 is 1.05 bits per heavy atom. The molecule has 0 aliphatic carbocycles. The minimum Gasteiger partial charge on any atom is -0.111 e. The van der Waals surface area contributed by atoms with Crippen LogP contribution in [-0.4, -0.2) is 0 Å². The van der Waals surface area contributed by atoms with E-state index in [2.05, 4.69) is 58.4 Å². The Hall–Kier alpha value is -0.540. The highest BCUT2D eigenvalue weighted by Gasteiger charge is 2.16. The first-order valence-electron chi connectivity index (χ1n) is 6.20. The fraction of sp³-hybridized carbons (Fsp3) is 0.125. The predicted octanol–water partition coefficient (Wildman–Crippen LogP) is 6.89. The summed E-state index contributed by atoms with van der Waals surface area (Å²) in [7, 11) is 0. The van der Waals surface area contributed by atoms with Gasteiger partial charge in [0.2, 0.25) is 0 Å². The topological polar surface area (TPSA) is 0 Å². The Labute approximate surface area is 140 Å². The molecule has 0 amide bonds. The highest BCUT2D eigenvalue weighted by Crippen LogP contribution is 2.40. The zero-order chi connectivity index (χ0) is 14.1. The second-order valence-corrected chi connectivity index (χ2v) is 7.98. The van der Waals surface area contributed by atoms with Gasteiger partial charge in [-0.3, -0.25) is 0 Å². The Kier molecular flexibility index (Phi) is 4.37. The number of benzene rings is 2. The SMILES string of the molecule is Clc1cc(C(Br)Cc2cccc3ccccc23)c(Cl)s1. The summed E-state index contributed by atoms with van der Waals surface area (Å²) in [4.78, 5) is 0.171. The lowest BCUT2D eigenvalue weighted by atomic mass is 9.99. The molecule has 0 saturated carbocycles. The van der Waals surface area contributed by atoms with E-state index in [9.17, 15) is 0 Å². The van der Waals surface area contributed by atoms with Crippen LogP contribution in [0, 0.1) is 0 Å². The molecule has 3 aromatic rings. The van der Waals surface area contributed by atoms with E-state index in [1.165, 1.54) is 27.7 Å². The lowest BCUT2D eigenvalue weighted by Gasteiger charge is -2.11. The maximum Gasteiger partial charge on any atom is 0.0987 e. The molecule has 1 unspecified atom stereocenters. The van der Waals surface area contributed by atoms with Crippen LogP contribution >= 0.6 is 50.5 Å². The minimum absolute atomic E-state index is 0.171. The van der Waals surface area contributed by atoms with Gasteiger partial charge in [-0.2, -0.15) is 0 Å². The molecule has 102 valence electrons. The Balaban J connectivity index is 1.95. The molecule has 20 heavy (non-hydrogen) atoms. The summed E-state index contributed by atoms with van der Waals surface area (Å²) in [6.07, 6.45) is 0.883. The first kappa shape index (κ1) is 14.4. The number of hydrogen-bond donors (Lipinski definition) is 0. The summed E-state index contributed by atoms with van der Waals surface area (Å²) in [5, 5.41) is 2.55. The van der Waals surface area contributed by atoms with Crippen LogP contribution in [0.1, 0.15) is 16.0 Å². The molecule has 0 spiro atoms. The van der Waals surface area contributed by atoms with Crippen LogP contribution in [0.3, 0.4) is 0 Å². The first-order valence-corrected chi connectivity index (χ1v) is 8.69. The number of thiophene rings is 1. The van der Waals surface area contributed by atoms with Gasteiger partial charge in [0.1, 0.15) is 0 Å². The lowest BCUT2D eigenvalue weighted by molar-refractivity contribution is 0.963. The fourth-order valence-electron chi connectivity index (χ4n) is 2.34. The zero-order valence-electron chi connectivity index (χ0n) is 10.4. The average molecular weight is 386 g/mol. The molecular formula is C16H11BrCl2S. The second kappa shape index (κ2) is 6.07. The number of halogens is 3. The molecule has 0 bridgehead atoms. The van der Waals surface area contributed by atoms with Crippen LogP contribution < -0.4 is 0 Å². The standard InChI is InChI=1S/C16H11BrCl2S/c17-14(13-9-15(18)20-16(13)19)8-11-6-3-5-10-4-1-2-7-12(10)11/h1-7,9,14H,8H2.